The van der Waals surface area contributed by atoms with Crippen molar-refractivity contribution in [1.29, 1.82) is 0 Å². The standard InChI is InChI=1S/C12H14F2O8S2/c1-11(2,17)4-3-7-5(21-9(3)15)6(8(4)23-7)22-10(16)12(13,14)24(18,19)20/h3-8,17H,1-2H3,(H,18,19,20). The molecule has 12 heteroatoms. The van der Waals surface area contributed by atoms with E-state index in [0.717, 1.165) is 0 Å². The number of hydrogen-bond acceptors (Lipinski definition) is 8. The summed E-state index contributed by atoms with van der Waals surface area (Å²) in [4.78, 5) is 23.5. The van der Waals surface area contributed by atoms with E-state index in [1.54, 1.807) is 0 Å². The molecule has 3 heterocycles. The van der Waals surface area contributed by atoms with Gasteiger partial charge in [0.2, 0.25) is 0 Å². The number of alkyl halides is 2. The van der Waals surface area contributed by atoms with E-state index in [4.69, 9.17) is 9.29 Å². The molecule has 0 aromatic carbocycles. The summed E-state index contributed by atoms with van der Waals surface area (Å²) in [5, 5.41) is 3.95. The molecule has 0 aliphatic carbocycles. The number of carbonyl (C=O) groups is 2. The molecule has 3 aliphatic rings. The Hall–Kier alpha value is -0.980. The minimum Gasteiger partial charge on any atom is -0.457 e. The normalized spacial score (nSPS) is 38.3. The molecule has 3 rings (SSSR count). The third kappa shape index (κ3) is 2.34. The zero-order valence-electron chi connectivity index (χ0n) is 12.4. The first-order chi connectivity index (χ1) is 10.8. The second-order valence-corrected chi connectivity index (χ2v) is 9.36. The smallest absolute Gasteiger partial charge is 0.457 e. The number of ether oxygens (including phenoxy) is 2. The summed E-state index contributed by atoms with van der Waals surface area (Å²) >= 11 is 1.18. The summed E-state index contributed by atoms with van der Waals surface area (Å²) in [6.45, 7) is 2.87. The minimum absolute atomic E-state index is 0.476. The van der Waals surface area contributed by atoms with Gasteiger partial charge in [-0.05, 0) is 13.8 Å². The topological polar surface area (TPSA) is 127 Å². The largest absolute Gasteiger partial charge is 0.465 e. The molecule has 3 saturated heterocycles. The molecule has 6 atom stereocenters. The molecule has 6 unspecified atom stereocenters. The highest BCUT2D eigenvalue weighted by molar-refractivity contribution is 8.01. The van der Waals surface area contributed by atoms with E-state index in [9.17, 15) is 31.9 Å². The first-order valence-corrected chi connectivity index (χ1v) is 9.29. The van der Waals surface area contributed by atoms with Gasteiger partial charge >= 0.3 is 27.3 Å². The molecule has 136 valence electrons. The van der Waals surface area contributed by atoms with Crippen molar-refractivity contribution < 1.29 is 45.9 Å². The number of fused-ring (bicyclic) bond motifs is 1. The molecule has 2 N–H and O–H groups in total. The van der Waals surface area contributed by atoms with Gasteiger partial charge in [-0.25, -0.2) is 4.79 Å². The molecule has 2 bridgehead atoms. The Bertz CT molecular complexity index is 700. The molecular weight excluding hydrogens is 374 g/mol. The lowest BCUT2D eigenvalue weighted by atomic mass is 9.71. The van der Waals surface area contributed by atoms with E-state index in [1.165, 1.54) is 25.6 Å². The Morgan fingerprint density at radius 2 is 1.92 bits per heavy atom. The van der Waals surface area contributed by atoms with E-state index in [-0.39, 0.29) is 0 Å². The van der Waals surface area contributed by atoms with Gasteiger partial charge in [-0.2, -0.15) is 17.2 Å². The summed E-state index contributed by atoms with van der Waals surface area (Å²) in [6, 6.07) is 0. The van der Waals surface area contributed by atoms with Crippen molar-refractivity contribution in [2.45, 2.75) is 47.4 Å². The zero-order valence-corrected chi connectivity index (χ0v) is 14.0. The van der Waals surface area contributed by atoms with Gasteiger partial charge in [0.25, 0.3) is 0 Å². The molecule has 3 aliphatic heterocycles. The lowest BCUT2D eigenvalue weighted by molar-refractivity contribution is -0.175. The van der Waals surface area contributed by atoms with Gasteiger partial charge in [-0.1, -0.05) is 0 Å². The number of thioether (sulfide) groups is 1. The van der Waals surface area contributed by atoms with Crippen LogP contribution in [0.4, 0.5) is 8.78 Å². The Morgan fingerprint density at radius 1 is 1.33 bits per heavy atom. The quantitative estimate of drug-likeness (QED) is 0.497. The van der Waals surface area contributed by atoms with Gasteiger partial charge in [0, 0.05) is 5.92 Å². The van der Waals surface area contributed by atoms with Crippen LogP contribution in [-0.2, 0) is 29.2 Å². The highest BCUT2D eigenvalue weighted by atomic mass is 32.2. The van der Waals surface area contributed by atoms with Gasteiger partial charge in [-0.3, -0.25) is 9.35 Å². The molecule has 0 spiro atoms. The number of esters is 2. The van der Waals surface area contributed by atoms with E-state index in [2.05, 4.69) is 4.74 Å². The van der Waals surface area contributed by atoms with E-state index >= 15 is 0 Å². The average molecular weight is 388 g/mol. The van der Waals surface area contributed by atoms with Gasteiger partial charge < -0.3 is 14.6 Å². The van der Waals surface area contributed by atoms with Gasteiger partial charge in [-0.15, -0.1) is 11.8 Å². The maximum Gasteiger partial charge on any atom is 0.465 e. The molecule has 24 heavy (non-hydrogen) atoms. The van der Waals surface area contributed by atoms with Crippen LogP contribution in [-0.4, -0.2) is 63.6 Å². The second kappa shape index (κ2) is 5.02. The molecule has 0 saturated carbocycles. The number of rotatable bonds is 4. The van der Waals surface area contributed by atoms with Crippen LogP contribution < -0.4 is 0 Å². The second-order valence-electron chi connectivity index (χ2n) is 6.53. The monoisotopic (exact) mass is 388 g/mol. The lowest BCUT2D eigenvalue weighted by Gasteiger charge is -2.37. The maximum atomic E-state index is 13.4. The van der Waals surface area contributed by atoms with Crippen LogP contribution in [0.3, 0.4) is 0 Å². The fourth-order valence-corrected chi connectivity index (χ4v) is 6.07. The van der Waals surface area contributed by atoms with E-state index in [0.29, 0.717) is 0 Å². The summed E-state index contributed by atoms with van der Waals surface area (Å²) < 4.78 is 66.2. The summed E-state index contributed by atoms with van der Waals surface area (Å²) in [5.41, 5.74) is -1.37. The van der Waals surface area contributed by atoms with E-state index in [1.807, 2.05) is 0 Å². The number of halogens is 2. The molecular formula is C12H14F2O8S2. The maximum absolute atomic E-state index is 13.4. The van der Waals surface area contributed by atoms with Crippen LogP contribution in [0.25, 0.3) is 0 Å². The molecule has 8 nitrogen and oxygen atoms in total. The predicted octanol–water partition coefficient (Wildman–Crippen LogP) is -0.195. The minimum atomic E-state index is -5.99. The van der Waals surface area contributed by atoms with Crippen molar-refractivity contribution in [3.8, 4) is 0 Å². The highest BCUT2D eigenvalue weighted by Crippen LogP contribution is 2.61. The Kier molecular flexibility index (Phi) is 3.73. The fourth-order valence-electron chi connectivity index (χ4n) is 3.60. The van der Waals surface area contributed by atoms with Crippen LogP contribution in [0.15, 0.2) is 0 Å². The summed E-state index contributed by atoms with van der Waals surface area (Å²) in [5.74, 6) is -4.43. The van der Waals surface area contributed by atoms with Crippen molar-refractivity contribution in [3.05, 3.63) is 0 Å². The molecule has 0 aromatic rings. The third-order valence-corrected chi connectivity index (χ3v) is 7.09. The van der Waals surface area contributed by atoms with Crippen LogP contribution in [0.5, 0.6) is 0 Å². The number of aliphatic hydroxyl groups is 1. The van der Waals surface area contributed by atoms with Crippen molar-refractivity contribution in [3.63, 3.8) is 0 Å². The molecule has 0 radical (unpaired) electrons. The first kappa shape index (κ1) is 17.8. The summed E-state index contributed by atoms with van der Waals surface area (Å²) in [6.07, 6.45) is -2.32. The molecule has 3 fully saturated rings. The molecule has 0 amide bonds. The number of hydrogen-bond donors (Lipinski definition) is 2. The first-order valence-electron chi connectivity index (χ1n) is 6.91. The van der Waals surface area contributed by atoms with Crippen LogP contribution in [0.1, 0.15) is 13.8 Å². The average Bonchev–Trinajstić information content (AvgIpc) is 2.99. The zero-order chi connectivity index (χ0) is 18.2. The SMILES string of the molecule is CC(C)(O)C1C2SC3C(OC(=O)C31)C2OC(=O)C(F)(F)S(=O)(=O)O. The van der Waals surface area contributed by atoms with Crippen molar-refractivity contribution in [2.75, 3.05) is 0 Å². The molecule has 0 aromatic heterocycles. The van der Waals surface area contributed by atoms with Crippen molar-refractivity contribution in [1.82, 2.24) is 0 Å². The third-order valence-electron chi connectivity index (χ3n) is 4.53. The van der Waals surface area contributed by atoms with Crippen molar-refractivity contribution in [2.24, 2.45) is 11.8 Å². The van der Waals surface area contributed by atoms with Crippen LogP contribution in [0, 0.1) is 11.8 Å². The number of carbonyl (C=O) groups excluding carboxylic acids is 2. The Balaban J connectivity index is 1.89. The predicted molar refractivity (Wildman–Crippen MR) is 74.7 cm³/mol. The Morgan fingerprint density at radius 3 is 2.42 bits per heavy atom. The van der Waals surface area contributed by atoms with Gasteiger partial charge in [0.1, 0.15) is 0 Å². The Labute approximate surface area is 139 Å². The van der Waals surface area contributed by atoms with Crippen molar-refractivity contribution >= 4 is 33.8 Å². The van der Waals surface area contributed by atoms with E-state index < -0.39 is 67.5 Å². The fraction of sp³-hybridized carbons (Fsp3) is 0.833. The highest BCUT2D eigenvalue weighted by Gasteiger charge is 2.72. The van der Waals surface area contributed by atoms with Gasteiger partial charge in [0.15, 0.2) is 12.2 Å². The van der Waals surface area contributed by atoms with Gasteiger partial charge in [0.05, 0.1) is 22.0 Å². The van der Waals surface area contributed by atoms with Crippen LogP contribution in [0.2, 0.25) is 0 Å². The lowest BCUT2D eigenvalue weighted by Crippen LogP contribution is -2.53. The van der Waals surface area contributed by atoms with Crippen LogP contribution >= 0.6 is 11.8 Å². The summed E-state index contributed by atoms with van der Waals surface area (Å²) in [7, 11) is -5.99.